The van der Waals surface area contributed by atoms with Crippen molar-refractivity contribution in [1.29, 1.82) is 5.26 Å². The summed E-state index contributed by atoms with van der Waals surface area (Å²) < 4.78 is 24.9. The Hall–Kier alpha value is -2.63. The van der Waals surface area contributed by atoms with E-state index in [2.05, 4.69) is 10.4 Å². The summed E-state index contributed by atoms with van der Waals surface area (Å²) >= 11 is 6.41. The molecule has 1 aromatic carbocycles. The van der Waals surface area contributed by atoms with Gasteiger partial charge in [0.1, 0.15) is 16.8 Å². The van der Waals surface area contributed by atoms with E-state index in [4.69, 9.17) is 11.6 Å². The number of benzene rings is 1. The number of halogens is 1. The molecule has 1 N–H and O–H groups in total. The first-order valence-electron chi connectivity index (χ1n) is 8.65. The molecule has 1 atom stereocenters. The Morgan fingerprint density at radius 2 is 2.18 bits per heavy atom. The van der Waals surface area contributed by atoms with Crippen molar-refractivity contribution >= 4 is 39.1 Å². The van der Waals surface area contributed by atoms with Crippen molar-refractivity contribution in [3.63, 3.8) is 0 Å². The lowest BCUT2D eigenvalue weighted by Crippen LogP contribution is -2.13. The number of hydrogen-bond acceptors (Lipinski definition) is 5. The van der Waals surface area contributed by atoms with Crippen LogP contribution < -0.4 is 5.32 Å². The first-order chi connectivity index (χ1) is 13.2. The molecule has 0 bridgehead atoms. The molecule has 1 aliphatic rings. The van der Waals surface area contributed by atoms with Crippen molar-refractivity contribution in [2.75, 3.05) is 16.8 Å². The Bertz CT molecular complexity index is 1110. The highest BCUT2D eigenvalue weighted by Crippen LogP contribution is 2.31. The molecule has 3 rings (SSSR count). The number of carbonyl (C=O) groups excluding carboxylic acids is 1. The smallest absolute Gasteiger partial charge is 0.266 e. The SMILES string of the molecule is Cc1cccc(NC(=O)/C(C#N)=C/c2c(C)nn([C@H]3CCS(=O)(=O)C3)c2Cl)c1. The van der Waals surface area contributed by atoms with Gasteiger partial charge in [-0.05, 0) is 44.0 Å². The molecule has 28 heavy (non-hydrogen) atoms. The van der Waals surface area contributed by atoms with E-state index in [9.17, 15) is 18.5 Å². The number of nitriles is 1. The zero-order valence-electron chi connectivity index (χ0n) is 15.4. The number of amides is 1. The van der Waals surface area contributed by atoms with Gasteiger partial charge in [-0.25, -0.2) is 13.1 Å². The second-order valence-corrected chi connectivity index (χ2v) is 9.37. The standard InChI is InChI=1S/C19H19ClN4O3S/c1-12-4-3-5-15(8-12)22-19(25)14(10-21)9-17-13(2)23-24(18(17)20)16-6-7-28(26,27)11-16/h3-5,8-9,16H,6-7,11H2,1-2H3,(H,22,25)/b14-9+/t16-/m0/s1. The fourth-order valence-corrected chi connectivity index (χ4v) is 5.18. The van der Waals surface area contributed by atoms with Crippen LogP contribution in [0, 0.1) is 25.2 Å². The van der Waals surface area contributed by atoms with Gasteiger partial charge in [-0.3, -0.25) is 4.79 Å². The molecule has 0 aliphatic carbocycles. The van der Waals surface area contributed by atoms with Gasteiger partial charge >= 0.3 is 0 Å². The molecular formula is C19H19ClN4O3S. The number of nitrogens with one attached hydrogen (secondary N) is 1. The molecule has 9 heteroatoms. The molecule has 0 radical (unpaired) electrons. The van der Waals surface area contributed by atoms with Crippen LogP contribution in [0.4, 0.5) is 5.69 Å². The van der Waals surface area contributed by atoms with Crippen molar-refractivity contribution in [3.05, 3.63) is 51.8 Å². The Morgan fingerprint density at radius 3 is 2.79 bits per heavy atom. The molecule has 2 heterocycles. The van der Waals surface area contributed by atoms with Gasteiger partial charge in [0.05, 0.1) is 23.2 Å². The monoisotopic (exact) mass is 418 g/mol. The van der Waals surface area contributed by atoms with E-state index in [1.807, 2.05) is 19.1 Å². The predicted molar refractivity (Wildman–Crippen MR) is 108 cm³/mol. The van der Waals surface area contributed by atoms with E-state index in [-0.39, 0.29) is 28.3 Å². The number of sulfone groups is 1. The molecule has 0 unspecified atom stereocenters. The minimum atomic E-state index is -3.09. The van der Waals surface area contributed by atoms with Crippen LogP contribution >= 0.6 is 11.6 Å². The van der Waals surface area contributed by atoms with E-state index in [1.165, 1.54) is 10.8 Å². The lowest BCUT2D eigenvalue weighted by Gasteiger charge is -2.09. The third-order valence-electron chi connectivity index (χ3n) is 4.55. The quantitative estimate of drug-likeness (QED) is 0.606. The first kappa shape index (κ1) is 20.1. The highest BCUT2D eigenvalue weighted by Gasteiger charge is 2.32. The predicted octanol–water partition coefficient (Wildman–Crippen LogP) is 3.06. The van der Waals surface area contributed by atoms with E-state index in [0.717, 1.165) is 5.56 Å². The van der Waals surface area contributed by atoms with Crippen molar-refractivity contribution in [3.8, 4) is 6.07 Å². The minimum Gasteiger partial charge on any atom is -0.321 e. The highest BCUT2D eigenvalue weighted by atomic mass is 35.5. The highest BCUT2D eigenvalue weighted by molar-refractivity contribution is 7.91. The van der Waals surface area contributed by atoms with E-state index in [0.29, 0.717) is 23.4 Å². The van der Waals surface area contributed by atoms with Gasteiger partial charge in [-0.15, -0.1) is 0 Å². The summed E-state index contributed by atoms with van der Waals surface area (Å²) in [5.41, 5.74) is 2.39. The molecule has 2 aromatic rings. The summed E-state index contributed by atoms with van der Waals surface area (Å²) in [5.74, 6) is -0.476. The normalized spacial score (nSPS) is 18.6. The maximum absolute atomic E-state index is 12.5. The molecule has 1 aromatic heterocycles. The van der Waals surface area contributed by atoms with Gasteiger partial charge in [0, 0.05) is 11.3 Å². The lowest BCUT2D eigenvalue weighted by molar-refractivity contribution is -0.112. The van der Waals surface area contributed by atoms with Crippen molar-refractivity contribution < 1.29 is 13.2 Å². The lowest BCUT2D eigenvalue weighted by atomic mass is 10.1. The van der Waals surface area contributed by atoms with Gasteiger partial charge < -0.3 is 5.32 Å². The largest absolute Gasteiger partial charge is 0.321 e. The summed E-state index contributed by atoms with van der Waals surface area (Å²) in [6.45, 7) is 3.60. The van der Waals surface area contributed by atoms with Crippen molar-refractivity contribution in [2.24, 2.45) is 0 Å². The van der Waals surface area contributed by atoms with Crippen LogP contribution in [0.3, 0.4) is 0 Å². The molecule has 1 saturated heterocycles. The number of aryl methyl sites for hydroxylation is 2. The fraction of sp³-hybridized carbons (Fsp3) is 0.316. The maximum Gasteiger partial charge on any atom is 0.266 e. The first-order valence-corrected chi connectivity index (χ1v) is 10.8. The van der Waals surface area contributed by atoms with Crippen LogP contribution in [0.15, 0.2) is 29.8 Å². The molecule has 0 spiro atoms. The van der Waals surface area contributed by atoms with Crippen LogP contribution in [0.1, 0.15) is 29.3 Å². The summed E-state index contributed by atoms with van der Waals surface area (Å²) in [7, 11) is -3.09. The molecule has 7 nitrogen and oxygen atoms in total. The summed E-state index contributed by atoms with van der Waals surface area (Å²) in [4.78, 5) is 12.5. The third-order valence-corrected chi connectivity index (χ3v) is 6.68. The zero-order chi connectivity index (χ0) is 20.5. The maximum atomic E-state index is 12.5. The minimum absolute atomic E-state index is 0.0179. The third kappa shape index (κ3) is 4.26. The Balaban J connectivity index is 1.88. The summed E-state index contributed by atoms with van der Waals surface area (Å²) in [6.07, 6.45) is 1.82. The number of carbonyl (C=O) groups is 1. The zero-order valence-corrected chi connectivity index (χ0v) is 17.0. The molecular weight excluding hydrogens is 400 g/mol. The summed E-state index contributed by atoms with van der Waals surface area (Å²) in [6, 6.07) is 8.78. The summed E-state index contributed by atoms with van der Waals surface area (Å²) in [5, 5.41) is 16.7. The Morgan fingerprint density at radius 1 is 1.43 bits per heavy atom. The Kier molecular flexibility index (Phi) is 5.59. The number of aromatic nitrogens is 2. The van der Waals surface area contributed by atoms with Crippen molar-refractivity contribution in [2.45, 2.75) is 26.3 Å². The van der Waals surface area contributed by atoms with Crippen LogP contribution in [-0.2, 0) is 14.6 Å². The average Bonchev–Trinajstić information content (AvgIpc) is 3.12. The molecule has 146 valence electrons. The number of anilines is 1. The molecule has 1 amide bonds. The van der Waals surface area contributed by atoms with Crippen molar-refractivity contribution in [1.82, 2.24) is 9.78 Å². The van der Waals surface area contributed by atoms with Gasteiger partial charge in [0.2, 0.25) is 0 Å². The van der Waals surface area contributed by atoms with Crippen LogP contribution in [0.25, 0.3) is 6.08 Å². The average molecular weight is 419 g/mol. The van der Waals surface area contributed by atoms with Gasteiger partial charge in [-0.1, -0.05) is 23.7 Å². The van der Waals surface area contributed by atoms with E-state index >= 15 is 0 Å². The second-order valence-electron chi connectivity index (χ2n) is 6.78. The van der Waals surface area contributed by atoms with Crippen LogP contribution in [-0.4, -0.2) is 35.6 Å². The Labute approximate surface area is 168 Å². The van der Waals surface area contributed by atoms with Crippen LogP contribution in [0.2, 0.25) is 5.15 Å². The van der Waals surface area contributed by atoms with E-state index < -0.39 is 15.7 Å². The molecule has 0 saturated carbocycles. The van der Waals surface area contributed by atoms with Gasteiger partial charge in [-0.2, -0.15) is 10.4 Å². The topological polar surface area (TPSA) is 105 Å². The van der Waals surface area contributed by atoms with Crippen LogP contribution in [0.5, 0.6) is 0 Å². The second kappa shape index (κ2) is 7.78. The fourth-order valence-electron chi connectivity index (χ4n) is 3.12. The molecule has 1 aliphatic heterocycles. The number of rotatable bonds is 4. The van der Waals surface area contributed by atoms with E-state index in [1.54, 1.807) is 25.1 Å². The number of nitrogens with zero attached hydrogens (tertiary/aromatic N) is 3. The number of hydrogen-bond donors (Lipinski definition) is 1. The van der Waals surface area contributed by atoms with Gasteiger partial charge in [0.25, 0.3) is 5.91 Å². The molecule has 1 fully saturated rings. The van der Waals surface area contributed by atoms with Gasteiger partial charge in [0.15, 0.2) is 9.84 Å².